The van der Waals surface area contributed by atoms with E-state index in [1.54, 1.807) is 0 Å². The van der Waals surface area contributed by atoms with Gasteiger partial charge in [0.25, 0.3) is 0 Å². The van der Waals surface area contributed by atoms with Crippen molar-refractivity contribution >= 4 is 97.0 Å². The number of hydrogen-bond acceptors (Lipinski definition) is 0. The van der Waals surface area contributed by atoms with Gasteiger partial charge in [-0.1, -0.05) is 387 Å². The van der Waals surface area contributed by atoms with Gasteiger partial charge in [0.05, 0.1) is 0 Å². The first kappa shape index (κ1) is 69.4. The molecule has 0 aliphatic carbocycles. The highest BCUT2D eigenvalue weighted by atomic mass is 14.2. The van der Waals surface area contributed by atoms with Crippen LogP contribution in [0.2, 0.25) is 0 Å². The molecule has 0 aliphatic heterocycles. The lowest BCUT2D eigenvalue weighted by atomic mass is 9.85. The van der Waals surface area contributed by atoms with Gasteiger partial charge in [-0.25, -0.2) is 0 Å². The second-order valence-electron chi connectivity index (χ2n) is 30.5. The Morgan fingerprint density at radius 3 is 0.602 bits per heavy atom. The molecule has 21 aromatic rings. The van der Waals surface area contributed by atoms with E-state index in [-0.39, 0.29) is 0 Å². The van der Waals surface area contributed by atoms with Gasteiger partial charge in [-0.3, -0.25) is 0 Å². The molecule has 0 fully saturated rings. The molecule has 0 spiro atoms. The number of benzene rings is 21. The summed E-state index contributed by atoms with van der Waals surface area (Å²) in [5.74, 6) is 0. The lowest BCUT2D eigenvalue weighted by molar-refractivity contribution is 1.38. The number of fused-ring (bicyclic) bond motifs is 9. The summed E-state index contributed by atoms with van der Waals surface area (Å²) in [6.45, 7) is 10.9. The average Bonchev–Trinajstić information content (AvgIpc) is 0.743. The van der Waals surface area contributed by atoms with Crippen LogP contribution in [0.3, 0.4) is 0 Å². The van der Waals surface area contributed by atoms with Crippen LogP contribution in [0.15, 0.2) is 406 Å². The molecule has 534 valence electrons. The number of rotatable bonds is 9. The Morgan fingerprint density at radius 1 is 0.115 bits per heavy atom. The predicted molar refractivity (Wildman–Crippen MR) is 489 cm³/mol. The third-order valence-corrected chi connectivity index (χ3v) is 23.0. The van der Waals surface area contributed by atoms with Crippen LogP contribution >= 0.6 is 0 Å². The maximum atomic E-state index is 2.36. The van der Waals surface area contributed by atoms with Crippen molar-refractivity contribution in [1.29, 1.82) is 0 Å². The quantitative estimate of drug-likeness (QED) is 0.126. The SMILES string of the molecule is Cc1cc(C)cc(-c2ccc3cc(-c4c5ccccc5c(-c5ccccc5)c5ccccc45)ccc3c2)c1.Cc1cccc(-c2ccc3cc(-c4c5ccccc5c(-c5ccccc5)c5ccccc45)ccc3c2)c1.Cc1cccc(C)c1-c1ccc2cc(-c3c4ccccc4c(-c4ccccc4)c4ccccc34)ccc2c1. The summed E-state index contributed by atoms with van der Waals surface area (Å²) in [4.78, 5) is 0. The molecule has 0 saturated heterocycles. The van der Waals surface area contributed by atoms with Crippen molar-refractivity contribution in [3.05, 3.63) is 434 Å². The minimum absolute atomic E-state index is 1.25. The normalized spacial score (nSPS) is 11.4. The van der Waals surface area contributed by atoms with E-state index in [9.17, 15) is 0 Å². The van der Waals surface area contributed by atoms with E-state index in [0.29, 0.717) is 0 Å². The van der Waals surface area contributed by atoms with Crippen LogP contribution < -0.4 is 0 Å². The predicted octanol–water partition coefficient (Wildman–Crippen LogP) is 32.0. The minimum Gasteiger partial charge on any atom is -0.0622 e. The van der Waals surface area contributed by atoms with Crippen molar-refractivity contribution in [2.75, 3.05) is 0 Å². The van der Waals surface area contributed by atoms with Crippen LogP contribution in [0.5, 0.6) is 0 Å². The molecule has 0 aliphatic rings. The highest BCUT2D eigenvalue weighted by Crippen LogP contribution is 2.49. The molecule has 21 aromatic carbocycles. The highest BCUT2D eigenvalue weighted by Gasteiger charge is 2.22. The molecule has 0 nitrogen and oxygen atoms in total. The van der Waals surface area contributed by atoms with Gasteiger partial charge in [0.15, 0.2) is 0 Å². The summed E-state index contributed by atoms with van der Waals surface area (Å²) >= 11 is 0. The molecular weight excluding hydrogens is 1360 g/mol. The van der Waals surface area contributed by atoms with Crippen molar-refractivity contribution in [1.82, 2.24) is 0 Å². The van der Waals surface area contributed by atoms with Crippen LogP contribution in [-0.2, 0) is 0 Å². The second kappa shape index (κ2) is 29.7. The van der Waals surface area contributed by atoms with E-state index in [0.717, 1.165) is 0 Å². The fourth-order valence-electron chi connectivity index (χ4n) is 18.0. The molecule has 0 heteroatoms. The van der Waals surface area contributed by atoms with E-state index in [4.69, 9.17) is 0 Å². The van der Waals surface area contributed by atoms with Crippen molar-refractivity contribution in [3.63, 3.8) is 0 Å². The van der Waals surface area contributed by atoms with Crippen LogP contribution in [-0.4, -0.2) is 0 Å². The highest BCUT2D eigenvalue weighted by molar-refractivity contribution is 6.25. The molecule has 0 radical (unpaired) electrons. The minimum atomic E-state index is 1.25. The summed E-state index contributed by atoms with van der Waals surface area (Å²) in [7, 11) is 0. The van der Waals surface area contributed by atoms with Crippen LogP contribution in [0.1, 0.15) is 27.8 Å². The van der Waals surface area contributed by atoms with Crippen LogP contribution in [0, 0.1) is 34.6 Å². The summed E-state index contributed by atoms with van der Waals surface area (Å²) in [5.41, 5.74) is 29.5. The molecule has 0 atom stereocenters. The van der Waals surface area contributed by atoms with E-state index in [1.165, 1.54) is 225 Å². The lowest BCUT2D eigenvalue weighted by Crippen LogP contribution is -1.91. The molecule has 0 aromatic heterocycles. The first-order chi connectivity index (χ1) is 55.6. The average molecular weight is 1440 g/mol. The molecule has 0 unspecified atom stereocenters. The number of hydrogen-bond donors (Lipinski definition) is 0. The van der Waals surface area contributed by atoms with Crippen LogP contribution in [0.4, 0.5) is 0 Å². The molecule has 0 saturated carbocycles. The second-order valence-corrected chi connectivity index (χ2v) is 30.5. The Morgan fingerprint density at radius 2 is 0.319 bits per heavy atom. The Balaban J connectivity index is 0.000000114. The summed E-state index contributed by atoms with van der Waals surface area (Å²) in [6, 6.07) is 149. The van der Waals surface area contributed by atoms with Crippen molar-refractivity contribution in [2.45, 2.75) is 34.6 Å². The largest absolute Gasteiger partial charge is 0.0622 e. The standard InChI is InChI=1S/2C38H28.C37H26/c1-25-11-10-12-26(2)36(25)30-21-19-29-24-31(22-20-28(29)23-30)38-34-17-8-6-15-32(34)37(27-13-4-3-5-14-27)33-16-7-9-18-35(33)38;1-25-20-26(2)22-32(21-25)30-17-16-29-24-31(19-18-28(29)23-30)38-35-14-8-6-12-33(35)37(27-10-4-3-5-11-27)34-13-7-9-15-36(34)38;1-25-10-9-13-27(22-25)28-18-19-30-24-31(21-20-29(30)23-28)37-34-16-7-5-14-32(34)36(26-11-3-2-4-12-26)33-15-6-8-17-35(33)37/h2*3-24H,1-2H3;2-24H,1H3. The third kappa shape index (κ3) is 13.1. The van der Waals surface area contributed by atoms with Gasteiger partial charge in [-0.15, -0.1) is 0 Å². The molecule has 0 heterocycles. The first-order valence-electron chi connectivity index (χ1n) is 39.4. The van der Waals surface area contributed by atoms with Gasteiger partial charge < -0.3 is 0 Å². The first-order valence-corrected chi connectivity index (χ1v) is 39.4. The Hall–Kier alpha value is -14.0. The zero-order chi connectivity index (χ0) is 76.0. The van der Waals surface area contributed by atoms with Crippen LogP contribution in [0.25, 0.3) is 197 Å². The molecule has 0 bridgehead atoms. The van der Waals surface area contributed by atoms with E-state index >= 15 is 0 Å². The monoisotopic (exact) mass is 1440 g/mol. The fraction of sp³-hybridized carbons (Fsp3) is 0.0442. The number of aryl methyl sites for hydroxylation is 5. The Kier molecular flexibility index (Phi) is 18.3. The smallest absolute Gasteiger partial charge is 0.00262 e. The molecule has 113 heavy (non-hydrogen) atoms. The maximum Gasteiger partial charge on any atom is -0.00262 e. The molecule has 0 N–H and O–H groups in total. The van der Waals surface area contributed by atoms with Gasteiger partial charge in [-0.2, -0.15) is 0 Å². The third-order valence-electron chi connectivity index (χ3n) is 23.0. The summed E-state index contributed by atoms with van der Waals surface area (Å²) < 4.78 is 0. The molecule has 0 amide bonds. The van der Waals surface area contributed by atoms with Crippen molar-refractivity contribution < 1.29 is 0 Å². The topological polar surface area (TPSA) is 0 Å². The maximum absolute atomic E-state index is 2.36. The van der Waals surface area contributed by atoms with Gasteiger partial charge in [0.2, 0.25) is 0 Å². The summed E-state index contributed by atoms with van der Waals surface area (Å²) in [6.07, 6.45) is 0. The molecule has 21 rings (SSSR count). The van der Waals surface area contributed by atoms with Gasteiger partial charge in [0.1, 0.15) is 0 Å². The summed E-state index contributed by atoms with van der Waals surface area (Å²) in [5, 5.41) is 23.0. The van der Waals surface area contributed by atoms with Gasteiger partial charge in [0, 0.05) is 0 Å². The zero-order valence-electron chi connectivity index (χ0n) is 64.2. The van der Waals surface area contributed by atoms with E-state index in [1.807, 2.05) is 0 Å². The van der Waals surface area contributed by atoms with E-state index in [2.05, 4.69) is 441 Å². The van der Waals surface area contributed by atoms with E-state index < -0.39 is 0 Å². The van der Waals surface area contributed by atoms with Gasteiger partial charge >= 0.3 is 0 Å². The van der Waals surface area contributed by atoms with Gasteiger partial charge in [-0.05, 0) is 279 Å². The van der Waals surface area contributed by atoms with Crippen molar-refractivity contribution in [3.8, 4) is 100 Å². The lowest BCUT2D eigenvalue weighted by Gasteiger charge is -2.18. The Labute approximate surface area is 661 Å². The van der Waals surface area contributed by atoms with Crippen molar-refractivity contribution in [2.24, 2.45) is 0 Å². The zero-order valence-corrected chi connectivity index (χ0v) is 64.2. The Bertz CT molecular complexity index is 7050. The molecular formula is C113H82. The fourth-order valence-corrected chi connectivity index (χ4v) is 18.0.